The lowest BCUT2D eigenvalue weighted by Gasteiger charge is -2.29. The molecule has 1 saturated heterocycles. The molecule has 0 aromatic heterocycles. The number of hydrogen-bond acceptors (Lipinski definition) is 3. The predicted octanol–water partition coefficient (Wildman–Crippen LogP) is 4.95. The Labute approximate surface area is 212 Å². The topological polar surface area (TPSA) is 76.5 Å². The summed E-state index contributed by atoms with van der Waals surface area (Å²) in [6.07, 6.45) is 3.50. The summed E-state index contributed by atoms with van der Waals surface area (Å²) in [5.74, 6) is -0.386. The van der Waals surface area contributed by atoms with Gasteiger partial charge in [-0.15, -0.1) is 0 Å². The Morgan fingerprint density at radius 2 is 1.69 bits per heavy atom. The molecule has 36 heavy (non-hydrogen) atoms. The maximum atomic E-state index is 14.0. The van der Waals surface area contributed by atoms with E-state index in [1.54, 1.807) is 38.4 Å². The molecule has 2 N–H and O–H groups in total. The van der Waals surface area contributed by atoms with E-state index < -0.39 is 5.54 Å². The largest absolute Gasteiger partial charge is 0.345 e. The lowest BCUT2D eigenvalue weighted by atomic mass is 9.81. The number of benzene rings is 3. The van der Waals surface area contributed by atoms with E-state index in [9.17, 15) is 9.59 Å². The molecule has 1 aliphatic heterocycles. The van der Waals surface area contributed by atoms with Crippen LogP contribution in [-0.4, -0.2) is 41.7 Å². The fourth-order valence-corrected chi connectivity index (χ4v) is 4.59. The van der Waals surface area contributed by atoms with Crippen molar-refractivity contribution >= 4 is 17.8 Å². The summed E-state index contributed by atoms with van der Waals surface area (Å²) in [7, 11) is 3.40. The average molecular weight is 479 g/mol. The molecule has 1 heterocycles. The lowest BCUT2D eigenvalue weighted by Crippen LogP contribution is -2.45. The third kappa shape index (κ3) is 4.33. The van der Waals surface area contributed by atoms with Gasteiger partial charge in [-0.2, -0.15) is 0 Å². The van der Waals surface area contributed by atoms with Crippen LogP contribution in [-0.2, 0) is 16.9 Å². The summed E-state index contributed by atoms with van der Waals surface area (Å²) in [5.41, 5.74) is 3.55. The molecule has 0 aliphatic carbocycles. The lowest BCUT2D eigenvalue weighted by molar-refractivity contribution is -0.130. The molecule has 0 radical (unpaired) electrons. The molecule has 2 amide bonds. The van der Waals surface area contributed by atoms with Gasteiger partial charge in [0, 0.05) is 19.7 Å². The molecule has 182 valence electrons. The second-order valence-corrected chi connectivity index (χ2v) is 8.91. The van der Waals surface area contributed by atoms with Crippen molar-refractivity contribution in [3.63, 3.8) is 0 Å². The smallest absolute Gasteiger partial charge is 0.264 e. The van der Waals surface area contributed by atoms with Crippen LogP contribution in [0.3, 0.4) is 0 Å². The van der Waals surface area contributed by atoms with Crippen molar-refractivity contribution in [1.29, 1.82) is 5.41 Å². The van der Waals surface area contributed by atoms with E-state index in [1.807, 2.05) is 73.7 Å². The Hall–Kier alpha value is -4.45. The Balaban J connectivity index is 1.71. The molecular formula is C30H30N4O2. The molecule has 1 atom stereocenters. The van der Waals surface area contributed by atoms with Crippen molar-refractivity contribution in [3.05, 3.63) is 120 Å². The minimum Gasteiger partial charge on any atom is -0.345 e. The zero-order chi connectivity index (χ0) is 25.9. The van der Waals surface area contributed by atoms with Crippen LogP contribution in [0, 0.1) is 5.41 Å². The van der Waals surface area contributed by atoms with E-state index >= 15 is 0 Å². The number of nitrogens with zero attached hydrogens (tertiary/aromatic N) is 2. The monoisotopic (exact) mass is 478 g/mol. The van der Waals surface area contributed by atoms with Crippen LogP contribution in [0.1, 0.15) is 28.4 Å². The number of carbonyl (C=O) groups excluding carboxylic acids is 2. The summed E-state index contributed by atoms with van der Waals surface area (Å²) in [6.45, 7) is 5.96. The van der Waals surface area contributed by atoms with Crippen molar-refractivity contribution < 1.29 is 9.59 Å². The molecule has 1 unspecified atom stereocenters. The number of nitrogens with one attached hydrogen (secondary N) is 2. The number of allylic oxidation sites excluding steroid dienone is 1. The van der Waals surface area contributed by atoms with Crippen LogP contribution in [0.2, 0.25) is 0 Å². The van der Waals surface area contributed by atoms with Gasteiger partial charge in [-0.3, -0.25) is 19.9 Å². The SMILES string of the molecule is C=C/C(=C\C)C1(c2ccc(-c3ccccc3)cc2)NC(=N)N(Cc2cccc(C(=O)N(C)C)c2)C1=O. The molecule has 6 heteroatoms. The van der Waals surface area contributed by atoms with Gasteiger partial charge in [-0.25, -0.2) is 0 Å². The second kappa shape index (κ2) is 10.0. The Morgan fingerprint density at radius 3 is 2.31 bits per heavy atom. The Morgan fingerprint density at radius 1 is 1.03 bits per heavy atom. The third-order valence-corrected chi connectivity index (χ3v) is 6.45. The number of hydrogen-bond donors (Lipinski definition) is 2. The van der Waals surface area contributed by atoms with Crippen LogP contribution in [0.15, 0.2) is 103 Å². The molecule has 0 saturated carbocycles. The molecule has 3 aromatic rings. The molecular weight excluding hydrogens is 448 g/mol. The normalized spacial score (nSPS) is 17.6. The van der Waals surface area contributed by atoms with Crippen molar-refractivity contribution in [1.82, 2.24) is 15.1 Å². The van der Waals surface area contributed by atoms with Crippen LogP contribution < -0.4 is 5.32 Å². The quantitative estimate of drug-likeness (QED) is 0.472. The minimum atomic E-state index is -1.26. The van der Waals surface area contributed by atoms with Gasteiger partial charge in [0.05, 0.1) is 6.54 Å². The molecule has 1 fully saturated rings. The van der Waals surface area contributed by atoms with Crippen molar-refractivity contribution in [2.45, 2.75) is 19.0 Å². The number of guanidine groups is 1. The first-order chi connectivity index (χ1) is 17.3. The first kappa shape index (κ1) is 24.7. The summed E-state index contributed by atoms with van der Waals surface area (Å²) in [4.78, 5) is 29.4. The highest BCUT2D eigenvalue weighted by Crippen LogP contribution is 2.38. The van der Waals surface area contributed by atoms with Gasteiger partial charge in [0.25, 0.3) is 11.8 Å². The van der Waals surface area contributed by atoms with Crippen molar-refractivity contribution in [3.8, 4) is 11.1 Å². The molecule has 0 bridgehead atoms. The maximum absolute atomic E-state index is 14.0. The summed E-state index contributed by atoms with van der Waals surface area (Å²) < 4.78 is 0. The Bertz CT molecular complexity index is 1340. The van der Waals surface area contributed by atoms with Gasteiger partial charge in [0.1, 0.15) is 0 Å². The molecule has 4 rings (SSSR count). The van der Waals surface area contributed by atoms with Crippen LogP contribution in [0.4, 0.5) is 0 Å². The van der Waals surface area contributed by atoms with Gasteiger partial charge in [-0.05, 0) is 46.9 Å². The summed E-state index contributed by atoms with van der Waals surface area (Å²) in [5, 5.41) is 11.8. The molecule has 6 nitrogen and oxygen atoms in total. The van der Waals surface area contributed by atoms with Gasteiger partial charge in [0.2, 0.25) is 0 Å². The van der Waals surface area contributed by atoms with Gasteiger partial charge >= 0.3 is 0 Å². The van der Waals surface area contributed by atoms with E-state index in [2.05, 4.69) is 11.9 Å². The highest BCUT2D eigenvalue weighted by atomic mass is 16.2. The van der Waals surface area contributed by atoms with Crippen LogP contribution in [0.5, 0.6) is 0 Å². The first-order valence-electron chi connectivity index (χ1n) is 11.8. The van der Waals surface area contributed by atoms with Crippen molar-refractivity contribution in [2.24, 2.45) is 0 Å². The molecule has 1 aliphatic rings. The minimum absolute atomic E-state index is 0.00215. The zero-order valence-corrected chi connectivity index (χ0v) is 20.8. The fourth-order valence-electron chi connectivity index (χ4n) is 4.59. The standard InChI is InChI=1S/C30H30N4O2/c1-5-25(6-2)30(26-17-15-23(16-18-26)22-12-8-7-9-13-22)28(36)34(29(31)32-30)20-21-11-10-14-24(19-21)27(35)33(3)4/h5-19H,1,20H2,2-4H3,(H2,31,32)/b25-6+. The first-order valence-corrected chi connectivity index (χ1v) is 11.8. The Kier molecular flexibility index (Phi) is 6.88. The highest BCUT2D eigenvalue weighted by molar-refractivity contribution is 6.10. The summed E-state index contributed by atoms with van der Waals surface area (Å²) in [6, 6.07) is 25.0. The number of carbonyl (C=O) groups is 2. The van der Waals surface area contributed by atoms with Crippen LogP contribution >= 0.6 is 0 Å². The third-order valence-electron chi connectivity index (χ3n) is 6.45. The summed E-state index contributed by atoms with van der Waals surface area (Å²) >= 11 is 0. The molecule has 3 aromatic carbocycles. The maximum Gasteiger partial charge on any atom is 0.264 e. The number of rotatable bonds is 7. The van der Waals surface area contributed by atoms with Gasteiger partial charge in [0.15, 0.2) is 11.5 Å². The van der Waals surface area contributed by atoms with Crippen molar-refractivity contribution in [2.75, 3.05) is 14.1 Å². The zero-order valence-electron chi connectivity index (χ0n) is 20.8. The van der Waals surface area contributed by atoms with Crippen LogP contribution in [0.25, 0.3) is 11.1 Å². The van der Waals surface area contributed by atoms with E-state index in [0.29, 0.717) is 11.1 Å². The highest BCUT2D eigenvalue weighted by Gasteiger charge is 2.52. The fraction of sp³-hybridized carbons (Fsp3) is 0.167. The van der Waals surface area contributed by atoms with E-state index in [-0.39, 0.29) is 24.3 Å². The molecule has 0 spiro atoms. The van der Waals surface area contributed by atoms with E-state index in [0.717, 1.165) is 22.3 Å². The predicted molar refractivity (Wildman–Crippen MR) is 143 cm³/mol. The van der Waals surface area contributed by atoms with Gasteiger partial charge < -0.3 is 10.2 Å². The van der Waals surface area contributed by atoms with E-state index in [4.69, 9.17) is 5.41 Å². The average Bonchev–Trinajstić information content (AvgIpc) is 3.15. The van der Waals surface area contributed by atoms with Gasteiger partial charge in [-0.1, -0.05) is 85.5 Å². The second-order valence-electron chi connectivity index (χ2n) is 8.91. The number of amides is 2. The van der Waals surface area contributed by atoms with E-state index in [1.165, 1.54) is 9.80 Å².